The molecule has 1 aliphatic heterocycles. The highest BCUT2D eigenvalue weighted by Crippen LogP contribution is 2.30. The molecule has 0 spiro atoms. The third kappa shape index (κ3) is 4.13. The second-order valence-corrected chi connectivity index (χ2v) is 5.78. The Bertz CT molecular complexity index is 392. The van der Waals surface area contributed by atoms with Crippen LogP contribution < -0.4 is 15.0 Å². The van der Waals surface area contributed by atoms with Crippen LogP contribution in [0.2, 0.25) is 0 Å². The van der Waals surface area contributed by atoms with Gasteiger partial charge >= 0.3 is 0 Å². The lowest BCUT2D eigenvalue weighted by molar-refractivity contribution is 0.322. The third-order valence-corrected chi connectivity index (χ3v) is 3.44. The summed E-state index contributed by atoms with van der Waals surface area (Å²) in [6.07, 6.45) is 1.10. The molecule has 0 aliphatic carbocycles. The Morgan fingerprint density at radius 3 is 2.84 bits per heavy atom. The molecule has 0 bridgehead atoms. The molecule has 1 unspecified atom stereocenters. The largest absolute Gasteiger partial charge is 0.491 e. The van der Waals surface area contributed by atoms with Gasteiger partial charge in [-0.1, -0.05) is 32.9 Å². The van der Waals surface area contributed by atoms with Gasteiger partial charge in [0.15, 0.2) is 0 Å². The number of anilines is 1. The summed E-state index contributed by atoms with van der Waals surface area (Å²) in [6.45, 7) is 10.8. The molecular formula is C16H26N2O. The highest BCUT2D eigenvalue weighted by atomic mass is 16.5. The Hall–Kier alpha value is -1.22. The van der Waals surface area contributed by atoms with Crippen molar-refractivity contribution in [3.8, 4) is 5.75 Å². The molecule has 1 aromatic carbocycles. The minimum Gasteiger partial charge on any atom is -0.491 e. The van der Waals surface area contributed by atoms with Gasteiger partial charge in [0.25, 0.3) is 0 Å². The smallest absolute Gasteiger partial charge is 0.142 e. The Labute approximate surface area is 116 Å². The van der Waals surface area contributed by atoms with E-state index in [1.54, 1.807) is 0 Å². The van der Waals surface area contributed by atoms with E-state index < -0.39 is 0 Å². The molecule has 2 rings (SSSR count). The van der Waals surface area contributed by atoms with Gasteiger partial charge in [0.1, 0.15) is 5.75 Å². The van der Waals surface area contributed by atoms with Gasteiger partial charge in [-0.25, -0.2) is 0 Å². The number of nitrogens with one attached hydrogen (secondary N) is 1. The molecule has 3 nitrogen and oxygen atoms in total. The highest BCUT2D eigenvalue weighted by molar-refractivity contribution is 5.58. The fourth-order valence-corrected chi connectivity index (χ4v) is 2.47. The molecule has 0 saturated carbocycles. The van der Waals surface area contributed by atoms with Crippen molar-refractivity contribution in [2.45, 2.75) is 33.2 Å². The Balaban J connectivity index is 1.99. The Kier molecular flexibility index (Phi) is 5.08. The van der Waals surface area contributed by atoms with Gasteiger partial charge in [-0.15, -0.1) is 0 Å². The van der Waals surface area contributed by atoms with Crippen molar-refractivity contribution in [3.63, 3.8) is 0 Å². The zero-order chi connectivity index (χ0) is 13.7. The van der Waals surface area contributed by atoms with E-state index in [9.17, 15) is 0 Å². The maximum absolute atomic E-state index is 5.80. The summed E-state index contributed by atoms with van der Waals surface area (Å²) in [4.78, 5) is 2.47. The third-order valence-electron chi connectivity index (χ3n) is 3.44. The number of fused-ring (bicyclic) bond motifs is 1. The minimum atomic E-state index is 0.558. The van der Waals surface area contributed by atoms with Crippen LogP contribution in [0.4, 0.5) is 5.69 Å². The SMILES string of the molecule is CC(CNC(C)C)CN1CCCOc2ccccc21. The van der Waals surface area contributed by atoms with Crippen LogP contribution in [0.3, 0.4) is 0 Å². The zero-order valence-corrected chi connectivity index (χ0v) is 12.4. The van der Waals surface area contributed by atoms with Crippen molar-refractivity contribution in [2.75, 3.05) is 31.1 Å². The summed E-state index contributed by atoms with van der Waals surface area (Å²) in [7, 11) is 0. The van der Waals surface area contributed by atoms with Crippen LogP contribution in [0, 0.1) is 5.92 Å². The summed E-state index contributed by atoms with van der Waals surface area (Å²) < 4.78 is 5.80. The summed E-state index contributed by atoms with van der Waals surface area (Å²) >= 11 is 0. The second-order valence-electron chi connectivity index (χ2n) is 5.78. The summed E-state index contributed by atoms with van der Waals surface area (Å²) in [6, 6.07) is 8.94. The van der Waals surface area contributed by atoms with E-state index in [0.717, 1.165) is 38.4 Å². The second kappa shape index (κ2) is 6.80. The van der Waals surface area contributed by atoms with Crippen molar-refractivity contribution >= 4 is 5.69 Å². The molecule has 1 aliphatic rings. The lowest BCUT2D eigenvalue weighted by atomic mass is 10.1. The zero-order valence-electron chi connectivity index (χ0n) is 12.4. The van der Waals surface area contributed by atoms with Crippen LogP contribution in [-0.4, -0.2) is 32.3 Å². The van der Waals surface area contributed by atoms with E-state index in [2.05, 4.69) is 49.2 Å². The number of para-hydroxylation sites is 2. The molecule has 1 atom stereocenters. The number of nitrogens with zero attached hydrogens (tertiary/aromatic N) is 1. The first-order chi connectivity index (χ1) is 9.16. The summed E-state index contributed by atoms with van der Waals surface area (Å²) in [5.74, 6) is 1.66. The van der Waals surface area contributed by atoms with Gasteiger partial charge in [-0.05, 0) is 31.0 Å². The van der Waals surface area contributed by atoms with E-state index in [1.165, 1.54) is 5.69 Å². The lowest BCUT2D eigenvalue weighted by Gasteiger charge is -2.27. The molecule has 0 fully saturated rings. The average Bonchev–Trinajstić information content (AvgIpc) is 2.59. The van der Waals surface area contributed by atoms with Gasteiger partial charge in [-0.3, -0.25) is 0 Å². The topological polar surface area (TPSA) is 24.5 Å². The maximum Gasteiger partial charge on any atom is 0.142 e. The molecule has 1 aromatic rings. The molecule has 1 N–H and O–H groups in total. The maximum atomic E-state index is 5.80. The van der Waals surface area contributed by atoms with Gasteiger partial charge in [0.05, 0.1) is 12.3 Å². The molecule has 0 amide bonds. The Morgan fingerprint density at radius 2 is 2.05 bits per heavy atom. The fraction of sp³-hybridized carbons (Fsp3) is 0.625. The van der Waals surface area contributed by atoms with Gasteiger partial charge in [-0.2, -0.15) is 0 Å². The number of rotatable bonds is 5. The normalized spacial score (nSPS) is 16.7. The van der Waals surface area contributed by atoms with Crippen molar-refractivity contribution in [2.24, 2.45) is 5.92 Å². The molecule has 106 valence electrons. The van der Waals surface area contributed by atoms with Crippen molar-refractivity contribution < 1.29 is 4.74 Å². The first kappa shape index (κ1) is 14.2. The average molecular weight is 262 g/mol. The van der Waals surface area contributed by atoms with Gasteiger partial charge in [0.2, 0.25) is 0 Å². The number of benzene rings is 1. The van der Waals surface area contributed by atoms with E-state index >= 15 is 0 Å². The van der Waals surface area contributed by atoms with E-state index in [-0.39, 0.29) is 0 Å². The predicted octanol–water partition coefficient (Wildman–Crippen LogP) is 2.91. The van der Waals surface area contributed by atoms with Crippen LogP contribution in [0.5, 0.6) is 5.75 Å². The monoisotopic (exact) mass is 262 g/mol. The quantitative estimate of drug-likeness (QED) is 0.883. The highest BCUT2D eigenvalue weighted by Gasteiger charge is 2.17. The van der Waals surface area contributed by atoms with Crippen LogP contribution >= 0.6 is 0 Å². The van der Waals surface area contributed by atoms with E-state index in [1.807, 2.05) is 6.07 Å². The van der Waals surface area contributed by atoms with Crippen molar-refractivity contribution in [1.29, 1.82) is 0 Å². The molecule has 3 heteroatoms. The van der Waals surface area contributed by atoms with Crippen LogP contribution in [-0.2, 0) is 0 Å². The van der Waals surface area contributed by atoms with Crippen LogP contribution in [0.15, 0.2) is 24.3 Å². The minimum absolute atomic E-state index is 0.558. The standard InChI is InChI=1S/C16H26N2O/c1-13(2)17-11-14(3)12-18-9-6-10-19-16-8-5-4-7-15(16)18/h4-5,7-8,13-14,17H,6,9-12H2,1-3H3. The van der Waals surface area contributed by atoms with Crippen LogP contribution in [0.1, 0.15) is 27.2 Å². The molecule has 0 aromatic heterocycles. The molecule has 0 saturated heterocycles. The first-order valence-corrected chi connectivity index (χ1v) is 7.37. The van der Waals surface area contributed by atoms with Crippen molar-refractivity contribution in [3.05, 3.63) is 24.3 Å². The van der Waals surface area contributed by atoms with E-state index in [4.69, 9.17) is 4.74 Å². The summed E-state index contributed by atoms with van der Waals surface area (Å²) in [5.41, 5.74) is 1.25. The Morgan fingerprint density at radius 1 is 1.26 bits per heavy atom. The number of ether oxygens (including phenoxy) is 1. The molecule has 19 heavy (non-hydrogen) atoms. The molecule has 1 heterocycles. The van der Waals surface area contributed by atoms with Gasteiger partial charge < -0.3 is 15.0 Å². The fourth-order valence-electron chi connectivity index (χ4n) is 2.47. The predicted molar refractivity (Wildman–Crippen MR) is 81.1 cm³/mol. The van der Waals surface area contributed by atoms with Gasteiger partial charge in [0, 0.05) is 19.1 Å². The molecular weight excluding hydrogens is 236 g/mol. The molecule has 0 radical (unpaired) electrons. The number of hydrogen-bond donors (Lipinski definition) is 1. The summed E-state index contributed by atoms with van der Waals surface area (Å²) in [5, 5.41) is 3.52. The lowest BCUT2D eigenvalue weighted by Crippen LogP contribution is -2.36. The van der Waals surface area contributed by atoms with Crippen LogP contribution in [0.25, 0.3) is 0 Å². The first-order valence-electron chi connectivity index (χ1n) is 7.37. The van der Waals surface area contributed by atoms with Crippen molar-refractivity contribution in [1.82, 2.24) is 5.32 Å². The van der Waals surface area contributed by atoms with E-state index in [0.29, 0.717) is 12.0 Å². The number of hydrogen-bond acceptors (Lipinski definition) is 3.